The third-order valence-corrected chi connectivity index (χ3v) is 3.32. The first-order valence-electron chi connectivity index (χ1n) is 6.59. The van der Waals surface area contributed by atoms with Crippen LogP contribution in [-0.4, -0.2) is 4.98 Å². The summed E-state index contributed by atoms with van der Waals surface area (Å²) in [4.78, 5) is 4.41. The van der Waals surface area contributed by atoms with Crippen LogP contribution >= 0.6 is 0 Å². The van der Waals surface area contributed by atoms with Crippen LogP contribution in [0.5, 0.6) is 0 Å². The summed E-state index contributed by atoms with van der Waals surface area (Å²) in [5, 5.41) is 4.44. The molecule has 0 saturated carbocycles. The number of rotatable bonds is 3. The van der Waals surface area contributed by atoms with Crippen molar-refractivity contribution in [2.75, 3.05) is 5.32 Å². The molecule has 0 bridgehead atoms. The van der Waals surface area contributed by atoms with Gasteiger partial charge in [-0.25, -0.2) is 4.39 Å². The Hall–Kier alpha value is -2.42. The Morgan fingerprint density at radius 3 is 2.75 bits per heavy atom. The molecule has 20 heavy (non-hydrogen) atoms. The number of nitrogens with one attached hydrogen (secondary N) is 1. The van der Waals surface area contributed by atoms with Crippen LogP contribution in [0.15, 0.2) is 60.8 Å². The third kappa shape index (κ3) is 2.62. The van der Waals surface area contributed by atoms with Gasteiger partial charge in [-0.15, -0.1) is 0 Å². The van der Waals surface area contributed by atoms with Gasteiger partial charge in [0.1, 0.15) is 5.82 Å². The van der Waals surface area contributed by atoms with E-state index in [1.54, 1.807) is 18.3 Å². The maximum absolute atomic E-state index is 13.2. The van der Waals surface area contributed by atoms with Gasteiger partial charge in [0.15, 0.2) is 0 Å². The quantitative estimate of drug-likeness (QED) is 0.752. The van der Waals surface area contributed by atoms with Crippen molar-refractivity contribution < 1.29 is 4.39 Å². The average molecular weight is 266 g/mol. The standard InChI is InChI=1S/C17H15FN2/c1-12(13-6-4-7-15(18)9-13)20-16-10-14-5-2-3-8-17(14)19-11-16/h2-12,20H,1H3. The Morgan fingerprint density at radius 2 is 1.90 bits per heavy atom. The summed E-state index contributed by atoms with van der Waals surface area (Å²) >= 11 is 0. The predicted molar refractivity (Wildman–Crippen MR) is 80.2 cm³/mol. The van der Waals surface area contributed by atoms with E-state index in [1.807, 2.05) is 37.3 Å². The van der Waals surface area contributed by atoms with E-state index < -0.39 is 0 Å². The van der Waals surface area contributed by atoms with Crippen LogP contribution in [0.1, 0.15) is 18.5 Å². The summed E-state index contributed by atoms with van der Waals surface area (Å²) in [6.07, 6.45) is 1.80. The van der Waals surface area contributed by atoms with Crippen molar-refractivity contribution in [2.45, 2.75) is 13.0 Å². The van der Waals surface area contributed by atoms with Crippen LogP contribution in [0, 0.1) is 5.82 Å². The van der Waals surface area contributed by atoms with Crippen LogP contribution in [-0.2, 0) is 0 Å². The van der Waals surface area contributed by atoms with Gasteiger partial charge in [0.25, 0.3) is 0 Å². The summed E-state index contributed by atoms with van der Waals surface area (Å²) in [6, 6.07) is 16.7. The molecule has 3 rings (SSSR count). The van der Waals surface area contributed by atoms with Gasteiger partial charge in [0, 0.05) is 11.4 Å². The molecule has 1 aromatic heterocycles. The predicted octanol–water partition coefficient (Wildman–Crippen LogP) is 4.55. The number of para-hydroxylation sites is 1. The number of pyridine rings is 1. The molecule has 0 spiro atoms. The lowest BCUT2D eigenvalue weighted by Gasteiger charge is -2.16. The first-order valence-corrected chi connectivity index (χ1v) is 6.59. The van der Waals surface area contributed by atoms with Crippen molar-refractivity contribution >= 4 is 16.6 Å². The summed E-state index contributed by atoms with van der Waals surface area (Å²) in [5.41, 5.74) is 2.81. The lowest BCUT2D eigenvalue weighted by Crippen LogP contribution is -2.07. The van der Waals surface area contributed by atoms with Gasteiger partial charge >= 0.3 is 0 Å². The molecule has 1 unspecified atom stereocenters. The molecule has 0 aliphatic heterocycles. The van der Waals surface area contributed by atoms with Crippen molar-refractivity contribution in [2.24, 2.45) is 0 Å². The van der Waals surface area contributed by atoms with Gasteiger partial charge < -0.3 is 5.32 Å². The number of hydrogen-bond donors (Lipinski definition) is 1. The fourth-order valence-corrected chi connectivity index (χ4v) is 2.26. The zero-order chi connectivity index (χ0) is 13.9. The highest BCUT2D eigenvalue weighted by Crippen LogP contribution is 2.22. The summed E-state index contributed by atoms with van der Waals surface area (Å²) in [5.74, 6) is -0.215. The minimum atomic E-state index is -0.215. The van der Waals surface area contributed by atoms with Crippen molar-refractivity contribution in [3.05, 3.63) is 72.2 Å². The lowest BCUT2D eigenvalue weighted by molar-refractivity contribution is 0.623. The second-order valence-electron chi connectivity index (χ2n) is 4.84. The third-order valence-electron chi connectivity index (χ3n) is 3.32. The van der Waals surface area contributed by atoms with E-state index in [2.05, 4.69) is 16.4 Å². The highest BCUT2D eigenvalue weighted by Gasteiger charge is 2.06. The van der Waals surface area contributed by atoms with Crippen LogP contribution in [0.25, 0.3) is 10.9 Å². The molecule has 0 aliphatic carbocycles. The molecule has 0 saturated heterocycles. The highest BCUT2D eigenvalue weighted by atomic mass is 19.1. The van der Waals surface area contributed by atoms with Gasteiger partial charge in [-0.3, -0.25) is 4.98 Å². The molecule has 2 nitrogen and oxygen atoms in total. The number of hydrogen-bond acceptors (Lipinski definition) is 2. The van der Waals surface area contributed by atoms with Crippen molar-refractivity contribution in [1.82, 2.24) is 4.98 Å². The van der Waals surface area contributed by atoms with Crippen LogP contribution in [0.2, 0.25) is 0 Å². The number of halogens is 1. The number of benzene rings is 2. The number of nitrogens with zero attached hydrogens (tertiary/aromatic N) is 1. The van der Waals surface area contributed by atoms with Crippen LogP contribution in [0.4, 0.5) is 10.1 Å². The molecule has 100 valence electrons. The second-order valence-corrected chi connectivity index (χ2v) is 4.84. The Labute approximate surface area is 117 Å². The first kappa shape index (κ1) is 12.6. The van der Waals surface area contributed by atoms with E-state index in [4.69, 9.17) is 0 Å². The smallest absolute Gasteiger partial charge is 0.123 e. The molecular formula is C17H15FN2. The number of anilines is 1. The maximum atomic E-state index is 13.2. The topological polar surface area (TPSA) is 24.9 Å². The summed E-state index contributed by atoms with van der Waals surface area (Å²) in [6.45, 7) is 2.00. The van der Waals surface area contributed by atoms with Gasteiger partial charge in [0.2, 0.25) is 0 Å². The lowest BCUT2D eigenvalue weighted by atomic mass is 10.1. The normalized spacial score (nSPS) is 12.3. The second kappa shape index (κ2) is 5.29. The summed E-state index contributed by atoms with van der Waals surface area (Å²) < 4.78 is 13.2. The molecule has 3 aromatic rings. The minimum Gasteiger partial charge on any atom is -0.377 e. The van der Waals surface area contributed by atoms with Gasteiger partial charge in [-0.1, -0.05) is 30.3 Å². The molecule has 0 radical (unpaired) electrons. The van der Waals surface area contributed by atoms with Gasteiger partial charge in [-0.2, -0.15) is 0 Å². The number of fused-ring (bicyclic) bond motifs is 1. The molecule has 2 aromatic carbocycles. The number of aromatic nitrogens is 1. The first-order chi connectivity index (χ1) is 9.72. The Bertz CT molecular complexity index is 740. The molecular weight excluding hydrogens is 251 g/mol. The highest BCUT2D eigenvalue weighted by molar-refractivity contribution is 5.81. The molecule has 3 heteroatoms. The summed E-state index contributed by atoms with van der Waals surface area (Å²) in [7, 11) is 0. The maximum Gasteiger partial charge on any atom is 0.123 e. The monoisotopic (exact) mass is 266 g/mol. The van der Waals surface area contributed by atoms with E-state index in [-0.39, 0.29) is 11.9 Å². The zero-order valence-electron chi connectivity index (χ0n) is 11.2. The van der Waals surface area contributed by atoms with Crippen molar-refractivity contribution in [1.29, 1.82) is 0 Å². The van der Waals surface area contributed by atoms with E-state index in [1.165, 1.54) is 6.07 Å². The fourth-order valence-electron chi connectivity index (χ4n) is 2.26. The average Bonchev–Trinajstić information content (AvgIpc) is 2.47. The van der Waals surface area contributed by atoms with E-state index in [0.29, 0.717) is 0 Å². The zero-order valence-corrected chi connectivity index (χ0v) is 11.2. The Balaban J connectivity index is 1.85. The largest absolute Gasteiger partial charge is 0.377 e. The SMILES string of the molecule is CC(Nc1cnc2ccccc2c1)c1cccc(F)c1. The molecule has 1 atom stereocenters. The van der Waals surface area contributed by atoms with Gasteiger partial charge in [0.05, 0.1) is 17.4 Å². The van der Waals surface area contributed by atoms with Crippen LogP contribution < -0.4 is 5.32 Å². The Morgan fingerprint density at radius 1 is 1.05 bits per heavy atom. The molecule has 0 aliphatic rings. The van der Waals surface area contributed by atoms with E-state index >= 15 is 0 Å². The minimum absolute atomic E-state index is 0.0219. The molecule has 1 heterocycles. The van der Waals surface area contributed by atoms with Crippen molar-refractivity contribution in [3.8, 4) is 0 Å². The Kier molecular flexibility index (Phi) is 3.33. The fraction of sp³-hybridized carbons (Fsp3) is 0.118. The van der Waals surface area contributed by atoms with Crippen molar-refractivity contribution in [3.63, 3.8) is 0 Å². The molecule has 0 amide bonds. The van der Waals surface area contributed by atoms with E-state index in [9.17, 15) is 4.39 Å². The molecule has 1 N–H and O–H groups in total. The van der Waals surface area contributed by atoms with Gasteiger partial charge in [-0.05, 0) is 36.8 Å². The van der Waals surface area contributed by atoms with Crippen LogP contribution in [0.3, 0.4) is 0 Å². The molecule has 0 fully saturated rings. The van der Waals surface area contributed by atoms with E-state index in [0.717, 1.165) is 22.2 Å².